The molecule has 1 aromatic rings. The zero-order chi connectivity index (χ0) is 19.5. The summed E-state index contributed by atoms with van der Waals surface area (Å²) in [6.07, 6.45) is 0.385. The van der Waals surface area contributed by atoms with E-state index in [4.69, 9.17) is 14.2 Å². The molecular formula is C18H22O7S. The van der Waals surface area contributed by atoms with Gasteiger partial charge >= 0.3 is 17.9 Å². The molecule has 0 saturated carbocycles. The van der Waals surface area contributed by atoms with Crippen LogP contribution in [-0.4, -0.2) is 47.9 Å². The topological polar surface area (TPSA) is 99.1 Å². The van der Waals surface area contributed by atoms with E-state index in [-0.39, 0.29) is 16.7 Å². The quantitative estimate of drug-likeness (QED) is 0.591. The number of rotatable bonds is 6. The molecule has 1 fully saturated rings. The highest BCUT2D eigenvalue weighted by Gasteiger charge is 2.38. The van der Waals surface area contributed by atoms with Gasteiger partial charge in [-0.25, -0.2) is 4.79 Å². The molecule has 7 nitrogen and oxygen atoms in total. The molecule has 0 radical (unpaired) electrons. The maximum Gasteiger partial charge on any atom is 0.335 e. The van der Waals surface area contributed by atoms with Crippen molar-refractivity contribution >= 4 is 29.7 Å². The largest absolute Gasteiger partial charge is 0.478 e. The van der Waals surface area contributed by atoms with Crippen LogP contribution in [0.5, 0.6) is 5.75 Å². The van der Waals surface area contributed by atoms with Crippen LogP contribution < -0.4 is 4.74 Å². The second-order valence-electron chi connectivity index (χ2n) is 6.40. The maximum absolute atomic E-state index is 12.4. The smallest absolute Gasteiger partial charge is 0.335 e. The van der Waals surface area contributed by atoms with Crippen LogP contribution in [0.3, 0.4) is 0 Å². The second kappa shape index (κ2) is 8.09. The summed E-state index contributed by atoms with van der Waals surface area (Å²) in [4.78, 5) is 35.4. The van der Waals surface area contributed by atoms with Crippen molar-refractivity contribution in [2.24, 2.45) is 0 Å². The number of thioether (sulfide) groups is 1. The normalized spacial score (nSPS) is 17.0. The van der Waals surface area contributed by atoms with Crippen molar-refractivity contribution in [2.45, 2.75) is 38.0 Å². The van der Waals surface area contributed by atoms with Gasteiger partial charge in [0, 0.05) is 24.7 Å². The maximum atomic E-state index is 12.4. The number of hydrogen-bond donors (Lipinski definition) is 1. The Kier molecular flexibility index (Phi) is 6.30. The number of methoxy groups -OCH3 is 1. The van der Waals surface area contributed by atoms with Crippen LogP contribution in [0.1, 0.15) is 42.3 Å². The molecule has 1 aliphatic heterocycles. The third-order valence-corrected chi connectivity index (χ3v) is 5.16. The highest BCUT2D eigenvalue weighted by Crippen LogP contribution is 2.39. The molecule has 8 heteroatoms. The predicted octanol–water partition coefficient (Wildman–Crippen LogP) is 2.39. The zero-order valence-electron chi connectivity index (χ0n) is 15.2. The number of aromatic carboxylic acids is 1. The molecule has 142 valence electrons. The van der Waals surface area contributed by atoms with Gasteiger partial charge in [0.1, 0.15) is 11.2 Å². The molecule has 1 unspecified atom stereocenters. The van der Waals surface area contributed by atoms with Crippen molar-refractivity contribution in [3.8, 4) is 5.75 Å². The Labute approximate surface area is 156 Å². The number of carboxylic acids is 1. The first-order valence-corrected chi connectivity index (χ1v) is 9.12. The van der Waals surface area contributed by atoms with Gasteiger partial charge in [-0.05, 0) is 31.5 Å². The average Bonchev–Trinajstić information content (AvgIpc) is 3.05. The molecule has 2 rings (SSSR count). The van der Waals surface area contributed by atoms with Crippen LogP contribution in [0.25, 0.3) is 0 Å². The SMILES string of the molecule is COC(=O)C(C)(C)c1c(CC2OCCS2)cc(C(=O)O)cc1OC(C)=O. The third kappa shape index (κ3) is 4.37. The predicted molar refractivity (Wildman–Crippen MR) is 95.7 cm³/mol. The summed E-state index contributed by atoms with van der Waals surface area (Å²) in [5, 5.41) is 9.41. The first kappa shape index (κ1) is 20.3. The molecule has 1 N–H and O–H groups in total. The summed E-state index contributed by atoms with van der Waals surface area (Å²) in [7, 11) is 1.27. The molecule has 26 heavy (non-hydrogen) atoms. The number of esters is 2. The highest BCUT2D eigenvalue weighted by atomic mass is 32.2. The van der Waals surface area contributed by atoms with Crippen LogP contribution >= 0.6 is 11.8 Å². The van der Waals surface area contributed by atoms with E-state index in [0.717, 1.165) is 5.75 Å². The number of hydrogen-bond acceptors (Lipinski definition) is 7. The highest BCUT2D eigenvalue weighted by molar-refractivity contribution is 7.99. The van der Waals surface area contributed by atoms with Crippen molar-refractivity contribution in [1.29, 1.82) is 0 Å². The van der Waals surface area contributed by atoms with E-state index in [1.165, 1.54) is 26.2 Å². The van der Waals surface area contributed by atoms with Crippen LogP contribution in [0, 0.1) is 0 Å². The molecule has 0 spiro atoms. The number of ether oxygens (including phenoxy) is 3. The van der Waals surface area contributed by atoms with E-state index in [0.29, 0.717) is 24.2 Å². The van der Waals surface area contributed by atoms with E-state index >= 15 is 0 Å². The molecule has 0 bridgehead atoms. The molecule has 1 atom stereocenters. The summed E-state index contributed by atoms with van der Waals surface area (Å²) in [6.45, 7) is 5.12. The van der Waals surface area contributed by atoms with Crippen LogP contribution in [0.2, 0.25) is 0 Å². The summed E-state index contributed by atoms with van der Waals surface area (Å²) in [6, 6.07) is 2.76. The van der Waals surface area contributed by atoms with E-state index in [1.54, 1.807) is 25.6 Å². The van der Waals surface area contributed by atoms with Crippen LogP contribution in [0.15, 0.2) is 12.1 Å². The number of carbonyl (C=O) groups excluding carboxylic acids is 2. The number of carboxylic acid groups (broad SMARTS) is 1. The number of carbonyl (C=O) groups is 3. The van der Waals surface area contributed by atoms with Crippen molar-refractivity contribution in [3.05, 3.63) is 28.8 Å². The van der Waals surface area contributed by atoms with E-state index < -0.39 is 23.3 Å². The average molecular weight is 382 g/mol. The van der Waals surface area contributed by atoms with Gasteiger partial charge in [-0.1, -0.05) is 0 Å². The third-order valence-electron chi connectivity index (χ3n) is 4.08. The van der Waals surface area contributed by atoms with Gasteiger partial charge < -0.3 is 19.3 Å². The van der Waals surface area contributed by atoms with Gasteiger partial charge in [0.05, 0.1) is 24.7 Å². The minimum Gasteiger partial charge on any atom is -0.478 e. The molecule has 1 heterocycles. The Hall–Kier alpha value is -2.06. The first-order chi connectivity index (χ1) is 12.2. The summed E-state index contributed by atoms with van der Waals surface area (Å²) in [5.74, 6) is -1.38. The summed E-state index contributed by atoms with van der Waals surface area (Å²) >= 11 is 1.61. The summed E-state index contributed by atoms with van der Waals surface area (Å²) < 4.78 is 15.8. The standard InChI is InChI=1S/C18H22O7S/c1-10(19)25-13-8-12(16(20)21)7-11(9-14-24-5-6-26-14)15(13)18(2,3)17(22)23-4/h7-8,14H,5-6,9H2,1-4H3,(H,20,21). The molecule has 1 saturated heterocycles. The lowest BCUT2D eigenvalue weighted by Gasteiger charge is -2.28. The van der Waals surface area contributed by atoms with Crippen molar-refractivity contribution in [3.63, 3.8) is 0 Å². The van der Waals surface area contributed by atoms with Gasteiger partial charge in [0.2, 0.25) is 0 Å². The fourth-order valence-corrected chi connectivity index (χ4v) is 3.91. The molecule has 0 amide bonds. The lowest BCUT2D eigenvalue weighted by atomic mass is 9.79. The summed E-state index contributed by atoms with van der Waals surface area (Å²) in [5.41, 5.74) is -0.313. The zero-order valence-corrected chi connectivity index (χ0v) is 16.0. The van der Waals surface area contributed by atoms with Gasteiger partial charge in [0.15, 0.2) is 0 Å². The molecule has 0 aliphatic carbocycles. The molecular weight excluding hydrogens is 360 g/mol. The lowest BCUT2D eigenvalue weighted by molar-refractivity contribution is -0.146. The number of benzene rings is 1. The van der Waals surface area contributed by atoms with E-state index in [9.17, 15) is 19.5 Å². The Bertz CT molecular complexity index is 720. The fraction of sp³-hybridized carbons (Fsp3) is 0.500. The van der Waals surface area contributed by atoms with Gasteiger partial charge in [-0.15, -0.1) is 11.8 Å². The van der Waals surface area contributed by atoms with Gasteiger partial charge in [-0.3, -0.25) is 9.59 Å². The van der Waals surface area contributed by atoms with Crippen LogP contribution in [0.4, 0.5) is 0 Å². The Morgan fingerprint density at radius 1 is 1.35 bits per heavy atom. The first-order valence-electron chi connectivity index (χ1n) is 8.07. The van der Waals surface area contributed by atoms with Crippen molar-refractivity contribution in [1.82, 2.24) is 0 Å². The fourth-order valence-electron chi connectivity index (χ4n) is 2.96. The molecule has 1 aliphatic rings. The van der Waals surface area contributed by atoms with E-state index in [2.05, 4.69) is 0 Å². The lowest BCUT2D eigenvalue weighted by Crippen LogP contribution is -2.33. The van der Waals surface area contributed by atoms with E-state index in [1.807, 2.05) is 0 Å². The second-order valence-corrected chi connectivity index (χ2v) is 7.67. The molecule has 1 aromatic carbocycles. The van der Waals surface area contributed by atoms with Crippen LogP contribution in [-0.2, 0) is 30.9 Å². The van der Waals surface area contributed by atoms with Gasteiger partial charge in [0.25, 0.3) is 0 Å². The Morgan fingerprint density at radius 3 is 2.54 bits per heavy atom. The Balaban J connectivity index is 2.66. The van der Waals surface area contributed by atoms with Crippen molar-refractivity contribution in [2.75, 3.05) is 19.5 Å². The van der Waals surface area contributed by atoms with Gasteiger partial charge in [-0.2, -0.15) is 0 Å². The molecule has 0 aromatic heterocycles. The minimum absolute atomic E-state index is 0.0244. The monoisotopic (exact) mass is 382 g/mol. The minimum atomic E-state index is -1.15. The van der Waals surface area contributed by atoms with Crippen molar-refractivity contribution < 1.29 is 33.7 Å². The Morgan fingerprint density at radius 2 is 2.04 bits per heavy atom.